The largest absolute Gasteiger partial charge is 0.488 e. The van der Waals surface area contributed by atoms with Crippen LogP contribution >= 0.6 is 0 Å². The second-order valence-corrected chi connectivity index (χ2v) is 9.81. The number of hydrogen-bond acceptors (Lipinski definition) is 6. The fourth-order valence-electron chi connectivity index (χ4n) is 4.94. The zero-order chi connectivity index (χ0) is 26.6. The third-order valence-electron chi connectivity index (χ3n) is 7.24. The summed E-state index contributed by atoms with van der Waals surface area (Å²) >= 11 is 0. The van der Waals surface area contributed by atoms with Crippen molar-refractivity contribution in [2.24, 2.45) is 0 Å². The molecule has 2 saturated heterocycles. The summed E-state index contributed by atoms with van der Waals surface area (Å²) in [5, 5.41) is 14.5. The van der Waals surface area contributed by atoms with E-state index in [0.717, 1.165) is 18.7 Å². The van der Waals surface area contributed by atoms with Crippen LogP contribution in [0.3, 0.4) is 0 Å². The van der Waals surface area contributed by atoms with Crippen molar-refractivity contribution in [1.82, 2.24) is 15.1 Å². The van der Waals surface area contributed by atoms with E-state index in [1.165, 1.54) is 0 Å². The molecule has 0 aliphatic carbocycles. The molecule has 2 fully saturated rings. The Bertz CT molecular complexity index is 1170. The van der Waals surface area contributed by atoms with E-state index in [9.17, 15) is 14.3 Å². The van der Waals surface area contributed by atoms with Gasteiger partial charge >= 0.3 is 0 Å². The SMILES string of the molecule is BC(O)(c1c(C=C)cccc1OCc1ccc(CN2CCOCC2)cc1F)N(C)C1CCC(=C)NC1=O. The summed E-state index contributed by atoms with van der Waals surface area (Å²) in [5.74, 6) is -0.154. The molecular formula is C28H35BFN3O4. The average Bonchev–Trinajstić information content (AvgIpc) is 2.88. The molecule has 7 nitrogen and oxygen atoms in total. The molecule has 2 unspecified atom stereocenters. The van der Waals surface area contributed by atoms with E-state index in [2.05, 4.69) is 23.4 Å². The number of ether oxygens (including phenoxy) is 2. The minimum absolute atomic E-state index is 0.0131. The number of hydrogen-bond donors (Lipinski definition) is 2. The standard InChI is InChI=1S/C28H35BFN3O4/c1-4-21-6-5-7-25(26(21)28(29,35)32(3)24-11-8-19(2)31-27(24)34)37-18-22-10-9-20(16-23(22)30)17-33-12-14-36-15-13-33/h4-7,9-10,16,24,35H,1-2,8,11-15,17-18,29H2,3H3,(H,31,34). The first-order valence-electron chi connectivity index (χ1n) is 12.6. The number of amides is 1. The first-order chi connectivity index (χ1) is 17.7. The van der Waals surface area contributed by atoms with E-state index in [1.807, 2.05) is 12.1 Å². The zero-order valence-corrected chi connectivity index (χ0v) is 21.6. The number of allylic oxidation sites excluding steroid dienone is 1. The van der Waals surface area contributed by atoms with Crippen LogP contribution < -0.4 is 10.1 Å². The first-order valence-corrected chi connectivity index (χ1v) is 12.6. The van der Waals surface area contributed by atoms with Gasteiger partial charge in [0.05, 0.1) is 19.3 Å². The molecule has 0 saturated carbocycles. The van der Waals surface area contributed by atoms with Crippen molar-refractivity contribution in [2.45, 2.75) is 37.7 Å². The van der Waals surface area contributed by atoms with E-state index in [4.69, 9.17) is 9.47 Å². The molecule has 4 rings (SSSR count). The van der Waals surface area contributed by atoms with Crippen LogP contribution in [0.1, 0.15) is 35.1 Å². The summed E-state index contributed by atoms with van der Waals surface area (Å²) in [4.78, 5) is 16.5. The van der Waals surface area contributed by atoms with Crippen molar-refractivity contribution in [3.05, 3.63) is 83.3 Å². The third-order valence-corrected chi connectivity index (χ3v) is 7.24. The lowest BCUT2D eigenvalue weighted by Crippen LogP contribution is -2.57. The van der Waals surface area contributed by atoms with Gasteiger partial charge in [0.2, 0.25) is 5.91 Å². The highest BCUT2D eigenvalue weighted by molar-refractivity contribution is 6.15. The molecule has 2 aromatic rings. The number of likely N-dealkylation sites (N-methyl/N-ethyl adjacent to an activating group) is 1. The van der Waals surface area contributed by atoms with Crippen molar-refractivity contribution in [3.63, 3.8) is 0 Å². The van der Waals surface area contributed by atoms with Gasteiger partial charge in [0.15, 0.2) is 7.85 Å². The van der Waals surface area contributed by atoms with Gasteiger partial charge < -0.3 is 19.9 Å². The number of nitrogens with one attached hydrogen (secondary N) is 1. The fourth-order valence-corrected chi connectivity index (χ4v) is 4.94. The molecule has 1 amide bonds. The Morgan fingerprint density at radius 3 is 2.78 bits per heavy atom. The molecule has 2 heterocycles. The lowest BCUT2D eigenvalue weighted by Gasteiger charge is -2.42. The van der Waals surface area contributed by atoms with Gasteiger partial charge in [-0.1, -0.05) is 43.5 Å². The number of benzene rings is 2. The van der Waals surface area contributed by atoms with Crippen molar-refractivity contribution in [1.29, 1.82) is 0 Å². The van der Waals surface area contributed by atoms with Crippen molar-refractivity contribution < 1.29 is 23.8 Å². The van der Waals surface area contributed by atoms with Crippen LogP contribution in [0.15, 0.2) is 55.3 Å². The van der Waals surface area contributed by atoms with Gasteiger partial charge in [-0.05, 0) is 43.1 Å². The van der Waals surface area contributed by atoms with Crippen molar-refractivity contribution >= 4 is 19.8 Å². The number of rotatable bonds is 9. The van der Waals surface area contributed by atoms with Gasteiger partial charge in [0.1, 0.15) is 23.8 Å². The van der Waals surface area contributed by atoms with Crippen LogP contribution in [0.5, 0.6) is 5.75 Å². The normalized spacial score (nSPS) is 20.4. The van der Waals surface area contributed by atoms with Gasteiger partial charge in [-0.2, -0.15) is 0 Å². The maximum absolute atomic E-state index is 15.0. The molecule has 2 atom stereocenters. The van der Waals surface area contributed by atoms with E-state index < -0.39 is 11.7 Å². The predicted molar refractivity (Wildman–Crippen MR) is 144 cm³/mol. The third kappa shape index (κ3) is 6.13. The Kier molecular flexibility index (Phi) is 8.49. The number of morpholine rings is 1. The van der Waals surface area contributed by atoms with Crippen LogP contribution in [0, 0.1) is 5.82 Å². The van der Waals surface area contributed by atoms with Gasteiger partial charge in [-0.25, -0.2) is 4.39 Å². The zero-order valence-electron chi connectivity index (χ0n) is 21.6. The highest BCUT2D eigenvalue weighted by Gasteiger charge is 2.40. The Morgan fingerprint density at radius 1 is 1.35 bits per heavy atom. The molecule has 2 aromatic carbocycles. The molecule has 0 bridgehead atoms. The molecule has 0 spiro atoms. The summed E-state index contributed by atoms with van der Waals surface area (Å²) < 4.78 is 26.5. The number of carbonyl (C=O) groups is 1. The summed E-state index contributed by atoms with van der Waals surface area (Å²) in [7, 11) is 3.33. The number of nitrogens with zero attached hydrogens (tertiary/aromatic N) is 2. The summed E-state index contributed by atoms with van der Waals surface area (Å²) in [6.45, 7) is 11.4. The van der Waals surface area contributed by atoms with E-state index >= 15 is 0 Å². The summed E-state index contributed by atoms with van der Waals surface area (Å²) in [6.07, 6.45) is 2.80. The molecule has 2 N–H and O–H groups in total. The molecule has 0 aromatic heterocycles. The summed E-state index contributed by atoms with van der Waals surface area (Å²) in [5.41, 5.74) is 1.55. The van der Waals surface area contributed by atoms with Crippen LogP contribution in [0.4, 0.5) is 4.39 Å². The van der Waals surface area contributed by atoms with Gasteiger partial charge in [0.25, 0.3) is 0 Å². The van der Waals surface area contributed by atoms with Gasteiger partial charge in [-0.3, -0.25) is 14.6 Å². The molecule has 37 heavy (non-hydrogen) atoms. The van der Waals surface area contributed by atoms with Crippen molar-refractivity contribution in [3.8, 4) is 5.75 Å². The Balaban J connectivity index is 1.53. The van der Waals surface area contributed by atoms with E-state index in [0.29, 0.717) is 60.7 Å². The smallest absolute Gasteiger partial charge is 0.241 e. The maximum Gasteiger partial charge on any atom is 0.241 e. The highest BCUT2D eigenvalue weighted by atomic mass is 19.1. The van der Waals surface area contributed by atoms with Crippen LogP contribution in [-0.2, 0) is 28.3 Å². The average molecular weight is 507 g/mol. The van der Waals surface area contributed by atoms with Crippen molar-refractivity contribution in [2.75, 3.05) is 33.4 Å². The van der Waals surface area contributed by atoms with Gasteiger partial charge in [-0.15, -0.1) is 0 Å². The molecule has 9 heteroatoms. The number of piperidine rings is 1. The number of aliphatic hydroxyl groups is 1. The Labute approximate surface area is 219 Å². The first kappa shape index (κ1) is 27.1. The van der Waals surface area contributed by atoms with Crippen LogP contribution in [0.2, 0.25) is 0 Å². The van der Waals surface area contributed by atoms with Crippen LogP contribution in [-0.4, -0.2) is 68.1 Å². The monoisotopic (exact) mass is 507 g/mol. The predicted octanol–water partition coefficient (Wildman–Crippen LogP) is 2.34. The number of halogens is 1. The minimum Gasteiger partial charge on any atom is -0.488 e. The Hall–Kier alpha value is -2.98. The Morgan fingerprint density at radius 2 is 2.11 bits per heavy atom. The minimum atomic E-state index is -1.57. The van der Waals surface area contributed by atoms with E-state index in [-0.39, 0.29) is 18.3 Å². The fraction of sp³-hybridized carbons (Fsp3) is 0.393. The lowest BCUT2D eigenvalue weighted by molar-refractivity contribution is -0.135. The molecule has 2 aliphatic rings. The molecule has 196 valence electrons. The van der Waals surface area contributed by atoms with Gasteiger partial charge in [0, 0.05) is 36.5 Å². The highest BCUT2D eigenvalue weighted by Crippen LogP contribution is 2.36. The summed E-state index contributed by atoms with van der Waals surface area (Å²) in [6, 6.07) is 10.0. The quantitative estimate of drug-likeness (QED) is 0.401. The lowest BCUT2D eigenvalue weighted by atomic mass is 9.78. The topological polar surface area (TPSA) is 74.3 Å². The number of carbonyl (C=O) groups excluding carboxylic acids is 1. The molecule has 2 aliphatic heterocycles. The second-order valence-electron chi connectivity index (χ2n) is 9.81. The second kappa shape index (κ2) is 11.6. The molecular weight excluding hydrogens is 472 g/mol. The van der Waals surface area contributed by atoms with E-state index in [1.54, 1.807) is 50.1 Å². The molecule has 0 radical (unpaired) electrons. The van der Waals surface area contributed by atoms with Crippen LogP contribution in [0.25, 0.3) is 6.08 Å². The maximum atomic E-state index is 15.0.